The summed E-state index contributed by atoms with van der Waals surface area (Å²) in [5.74, 6) is 0.346. The minimum atomic E-state index is -0.169. The number of aromatic nitrogens is 2. The Kier molecular flexibility index (Phi) is 5.59. The van der Waals surface area contributed by atoms with Gasteiger partial charge in [-0.25, -0.2) is 9.97 Å². The SMILES string of the molecule is Cc1ccc(CNC(=O)c2cnc(NCc3ccccc3)nc2C)cc1. The zero-order chi connectivity index (χ0) is 18.4. The van der Waals surface area contributed by atoms with E-state index < -0.39 is 0 Å². The quantitative estimate of drug-likeness (QED) is 0.715. The molecule has 1 amide bonds. The Morgan fingerprint density at radius 3 is 2.31 bits per heavy atom. The molecule has 132 valence electrons. The van der Waals surface area contributed by atoms with Crippen LogP contribution in [0.2, 0.25) is 0 Å². The van der Waals surface area contributed by atoms with Crippen LogP contribution < -0.4 is 10.6 Å². The van der Waals surface area contributed by atoms with Crippen LogP contribution in [0.4, 0.5) is 5.95 Å². The number of carbonyl (C=O) groups excluding carboxylic acids is 1. The lowest BCUT2D eigenvalue weighted by atomic mass is 10.1. The van der Waals surface area contributed by atoms with E-state index in [9.17, 15) is 4.79 Å². The summed E-state index contributed by atoms with van der Waals surface area (Å²) in [6, 6.07) is 18.1. The van der Waals surface area contributed by atoms with E-state index in [0.717, 1.165) is 11.1 Å². The van der Waals surface area contributed by atoms with Crippen molar-refractivity contribution in [2.75, 3.05) is 5.32 Å². The van der Waals surface area contributed by atoms with E-state index >= 15 is 0 Å². The summed E-state index contributed by atoms with van der Waals surface area (Å²) in [6.07, 6.45) is 1.57. The molecule has 26 heavy (non-hydrogen) atoms. The fraction of sp³-hybridized carbons (Fsp3) is 0.190. The average molecular weight is 346 g/mol. The normalized spacial score (nSPS) is 10.4. The standard InChI is InChI=1S/C21H22N4O/c1-15-8-10-18(11-9-15)12-22-20(26)19-14-24-21(25-16(19)2)23-13-17-6-4-3-5-7-17/h3-11,14H,12-13H2,1-2H3,(H,22,26)(H,23,24,25). The van der Waals surface area contributed by atoms with Crippen LogP contribution in [0.3, 0.4) is 0 Å². The van der Waals surface area contributed by atoms with Crippen LogP contribution in [0.5, 0.6) is 0 Å². The van der Waals surface area contributed by atoms with Gasteiger partial charge in [-0.3, -0.25) is 4.79 Å². The molecule has 2 aromatic carbocycles. The van der Waals surface area contributed by atoms with Gasteiger partial charge < -0.3 is 10.6 Å². The second-order valence-electron chi connectivity index (χ2n) is 6.20. The highest BCUT2D eigenvalue weighted by Gasteiger charge is 2.11. The molecule has 5 nitrogen and oxygen atoms in total. The van der Waals surface area contributed by atoms with E-state index in [4.69, 9.17) is 0 Å². The number of hydrogen-bond donors (Lipinski definition) is 2. The molecule has 0 radical (unpaired) electrons. The minimum Gasteiger partial charge on any atom is -0.350 e. The van der Waals surface area contributed by atoms with Crippen LogP contribution in [0.25, 0.3) is 0 Å². The van der Waals surface area contributed by atoms with Crippen LogP contribution in [0.1, 0.15) is 32.7 Å². The van der Waals surface area contributed by atoms with Crippen molar-refractivity contribution < 1.29 is 4.79 Å². The maximum absolute atomic E-state index is 12.4. The second-order valence-corrected chi connectivity index (χ2v) is 6.20. The first kappa shape index (κ1) is 17.6. The van der Waals surface area contributed by atoms with Crippen LogP contribution in [0, 0.1) is 13.8 Å². The Hall–Kier alpha value is -3.21. The van der Waals surface area contributed by atoms with Gasteiger partial charge in [0.05, 0.1) is 11.3 Å². The minimum absolute atomic E-state index is 0.169. The molecule has 3 rings (SSSR count). The fourth-order valence-electron chi connectivity index (χ4n) is 2.54. The van der Waals surface area contributed by atoms with Gasteiger partial charge in [-0.15, -0.1) is 0 Å². The molecule has 0 saturated heterocycles. The Labute approximate surface area is 153 Å². The Morgan fingerprint density at radius 1 is 0.923 bits per heavy atom. The molecule has 0 spiro atoms. The van der Waals surface area contributed by atoms with Crippen LogP contribution in [0.15, 0.2) is 60.8 Å². The van der Waals surface area contributed by atoms with Gasteiger partial charge in [0.25, 0.3) is 5.91 Å². The smallest absolute Gasteiger partial charge is 0.254 e. The number of anilines is 1. The highest BCUT2D eigenvalue weighted by atomic mass is 16.1. The monoisotopic (exact) mass is 346 g/mol. The Balaban J connectivity index is 1.59. The fourth-order valence-corrected chi connectivity index (χ4v) is 2.54. The summed E-state index contributed by atoms with van der Waals surface area (Å²) < 4.78 is 0. The predicted molar refractivity (Wildman–Crippen MR) is 103 cm³/mol. The van der Waals surface area contributed by atoms with Crippen molar-refractivity contribution in [2.24, 2.45) is 0 Å². The molecular weight excluding hydrogens is 324 g/mol. The highest BCUT2D eigenvalue weighted by Crippen LogP contribution is 2.10. The zero-order valence-electron chi connectivity index (χ0n) is 15.0. The molecule has 0 saturated carbocycles. The lowest BCUT2D eigenvalue weighted by molar-refractivity contribution is 0.0949. The molecule has 0 atom stereocenters. The topological polar surface area (TPSA) is 66.9 Å². The van der Waals surface area contributed by atoms with Crippen molar-refractivity contribution in [2.45, 2.75) is 26.9 Å². The molecular formula is C21H22N4O. The van der Waals surface area contributed by atoms with Gasteiger partial charge >= 0.3 is 0 Å². The second kappa shape index (κ2) is 8.25. The summed E-state index contributed by atoms with van der Waals surface area (Å²) in [7, 11) is 0. The number of benzene rings is 2. The molecule has 0 aliphatic heterocycles. The van der Waals surface area contributed by atoms with E-state index in [2.05, 4.69) is 20.6 Å². The van der Waals surface area contributed by atoms with Gasteiger partial charge in [0.15, 0.2) is 0 Å². The number of nitrogens with zero attached hydrogens (tertiary/aromatic N) is 2. The molecule has 0 unspecified atom stereocenters. The van der Waals surface area contributed by atoms with Gasteiger partial charge in [-0.2, -0.15) is 0 Å². The van der Waals surface area contributed by atoms with Gasteiger partial charge in [0.1, 0.15) is 0 Å². The van der Waals surface area contributed by atoms with Crippen LogP contribution >= 0.6 is 0 Å². The first-order valence-corrected chi connectivity index (χ1v) is 8.57. The lowest BCUT2D eigenvalue weighted by Gasteiger charge is -2.10. The largest absolute Gasteiger partial charge is 0.350 e. The van der Waals surface area contributed by atoms with Crippen LogP contribution in [-0.2, 0) is 13.1 Å². The number of rotatable bonds is 6. The van der Waals surface area contributed by atoms with Crippen molar-refractivity contribution in [1.29, 1.82) is 0 Å². The molecule has 0 bridgehead atoms. The summed E-state index contributed by atoms with van der Waals surface area (Å²) >= 11 is 0. The summed E-state index contributed by atoms with van der Waals surface area (Å²) in [5.41, 5.74) is 4.54. The van der Waals surface area contributed by atoms with E-state index in [0.29, 0.717) is 30.3 Å². The molecule has 0 fully saturated rings. The third-order valence-corrected chi connectivity index (χ3v) is 4.09. The van der Waals surface area contributed by atoms with E-state index in [1.54, 1.807) is 6.20 Å². The third kappa shape index (κ3) is 4.66. The average Bonchev–Trinajstić information content (AvgIpc) is 2.66. The molecule has 2 N–H and O–H groups in total. The van der Waals surface area contributed by atoms with Gasteiger partial charge in [-0.1, -0.05) is 60.2 Å². The maximum atomic E-state index is 12.4. The van der Waals surface area contributed by atoms with E-state index in [1.807, 2.05) is 68.4 Å². The Morgan fingerprint density at radius 2 is 1.62 bits per heavy atom. The molecule has 3 aromatic rings. The number of aryl methyl sites for hydroxylation is 2. The van der Waals surface area contributed by atoms with Crippen molar-refractivity contribution in [3.63, 3.8) is 0 Å². The molecule has 1 aromatic heterocycles. The first-order valence-electron chi connectivity index (χ1n) is 8.57. The molecule has 5 heteroatoms. The molecule has 0 aliphatic carbocycles. The zero-order valence-corrected chi connectivity index (χ0v) is 15.0. The van der Waals surface area contributed by atoms with Crippen molar-refractivity contribution in [1.82, 2.24) is 15.3 Å². The van der Waals surface area contributed by atoms with Gasteiger partial charge in [0.2, 0.25) is 5.95 Å². The summed E-state index contributed by atoms with van der Waals surface area (Å²) in [6.45, 7) is 4.97. The van der Waals surface area contributed by atoms with Crippen molar-refractivity contribution >= 4 is 11.9 Å². The van der Waals surface area contributed by atoms with Crippen molar-refractivity contribution in [3.05, 3.63) is 88.7 Å². The number of hydrogen-bond acceptors (Lipinski definition) is 4. The van der Waals surface area contributed by atoms with Gasteiger partial charge in [-0.05, 0) is 25.0 Å². The van der Waals surface area contributed by atoms with Gasteiger partial charge in [0, 0.05) is 19.3 Å². The Bertz CT molecular complexity index is 876. The lowest BCUT2D eigenvalue weighted by Crippen LogP contribution is -2.24. The van der Waals surface area contributed by atoms with E-state index in [1.165, 1.54) is 5.56 Å². The number of amides is 1. The summed E-state index contributed by atoms with van der Waals surface area (Å²) in [5, 5.41) is 6.09. The maximum Gasteiger partial charge on any atom is 0.254 e. The highest BCUT2D eigenvalue weighted by molar-refractivity contribution is 5.94. The van der Waals surface area contributed by atoms with E-state index in [-0.39, 0.29) is 5.91 Å². The number of nitrogens with one attached hydrogen (secondary N) is 2. The summed E-state index contributed by atoms with van der Waals surface area (Å²) in [4.78, 5) is 21.0. The third-order valence-electron chi connectivity index (χ3n) is 4.09. The number of carbonyl (C=O) groups is 1. The molecule has 1 heterocycles. The first-order chi connectivity index (χ1) is 12.6. The van der Waals surface area contributed by atoms with Crippen molar-refractivity contribution in [3.8, 4) is 0 Å². The predicted octanol–water partition coefficient (Wildman–Crippen LogP) is 3.64. The molecule has 0 aliphatic rings. The van der Waals surface area contributed by atoms with Crippen LogP contribution in [-0.4, -0.2) is 15.9 Å².